The fourth-order valence-corrected chi connectivity index (χ4v) is 4.79. The van der Waals surface area contributed by atoms with Gasteiger partial charge in [-0.3, -0.25) is 19.3 Å². The fourth-order valence-electron chi connectivity index (χ4n) is 4.79. The van der Waals surface area contributed by atoms with E-state index in [0.29, 0.717) is 19.0 Å². The molecule has 0 spiro atoms. The highest BCUT2D eigenvalue weighted by atomic mass is 16.2. The first-order valence-corrected chi connectivity index (χ1v) is 12.4. The number of pyridine rings is 1. The van der Waals surface area contributed by atoms with E-state index in [1.807, 2.05) is 32.0 Å². The summed E-state index contributed by atoms with van der Waals surface area (Å²) in [4.78, 5) is 43.7. The highest BCUT2D eigenvalue weighted by Crippen LogP contribution is 2.19. The number of carbonyl (C=O) groups excluding carboxylic acids is 2. The molecule has 182 valence electrons. The molecule has 0 bridgehead atoms. The molecule has 1 N–H and O–H groups in total. The zero-order chi connectivity index (χ0) is 24.2. The van der Waals surface area contributed by atoms with Crippen LogP contribution in [0.3, 0.4) is 0 Å². The summed E-state index contributed by atoms with van der Waals surface area (Å²) in [6, 6.07) is 10.3. The second-order valence-electron chi connectivity index (χ2n) is 10.1. The van der Waals surface area contributed by atoms with Gasteiger partial charge >= 0.3 is 0 Å². The van der Waals surface area contributed by atoms with Crippen molar-refractivity contribution < 1.29 is 9.59 Å². The lowest BCUT2D eigenvalue weighted by atomic mass is 9.98. The Morgan fingerprint density at radius 3 is 2.35 bits per heavy atom. The van der Waals surface area contributed by atoms with Crippen molar-refractivity contribution in [2.24, 2.45) is 5.92 Å². The van der Waals surface area contributed by atoms with E-state index in [2.05, 4.69) is 29.3 Å². The van der Waals surface area contributed by atoms with Crippen LogP contribution in [0, 0.1) is 5.92 Å². The van der Waals surface area contributed by atoms with Crippen LogP contribution in [0.4, 0.5) is 0 Å². The van der Waals surface area contributed by atoms with Gasteiger partial charge in [-0.15, -0.1) is 0 Å². The summed E-state index contributed by atoms with van der Waals surface area (Å²) in [6.45, 7) is 9.90. The molecule has 7 heteroatoms. The average Bonchev–Trinajstić information content (AvgIpc) is 3.26. The standard InChI is InChI=1S/C27H36N4O3/c1-19(2)31-17-23(25(32)24(18-31)27(34)30-13-9-20(3)10-14-30)26(33)28-22-11-12-29(16-22)15-21-7-5-4-6-8-21/h4-8,17-20,22H,9-16H2,1-3H3,(H,28,33). The van der Waals surface area contributed by atoms with E-state index in [9.17, 15) is 14.4 Å². The van der Waals surface area contributed by atoms with Crippen molar-refractivity contribution in [3.63, 3.8) is 0 Å². The first-order valence-electron chi connectivity index (χ1n) is 12.4. The Kier molecular flexibility index (Phi) is 7.51. The van der Waals surface area contributed by atoms with Gasteiger partial charge in [0.25, 0.3) is 11.8 Å². The molecule has 7 nitrogen and oxygen atoms in total. The average molecular weight is 465 g/mol. The fraction of sp³-hybridized carbons (Fsp3) is 0.519. The first-order chi connectivity index (χ1) is 16.3. The summed E-state index contributed by atoms with van der Waals surface area (Å²) in [5.41, 5.74) is 0.907. The minimum atomic E-state index is -0.475. The third kappa shape index (κ3) is 5.58. The number of amides is 2. The predicted octanol–water partition coefficient (Wildman–Crippen LogP) is 3.31. The lowest BCUT2D eigenvalue weighted by Gasteiger charge is -2.30. The number of nitrogens with zero attached hydrogens (tertiary/aromatic N) is 3. The van der Waals surface area contributed by atoms with Gasteiger partial charge in [-0.25, -0.2) is 0 Å². The zero-order valence-corrected chi connectivity index (χ0v) is 20.5. The Labute approximate surface area is 201 Å². The SMILES string of the molecule is CC1CCN(C(=O)c2cn(C(C)C)cc(C(=O)NC3CCN(Cc4ccccc4)C3)c2=O)CC1. The third-order valence-electron chi connectivity index (χ3n) is 7.04. The number of likely N-dealkylation sites (tertiary alicyclic amines) is 2. The van der Waals surface area contributed by atoms with Gasteiger partial charge in [0.15, 0.2) is 0 Å². The van der Waals surface area contributed by atoms with Gasteiger partial charge in [-0.1, -0.05) is 37.3 Å². The van der Waals surface area contributed by atoms with E-state index in [0.717, 1.165) is 38.9 Å². The van der Waals surface area contributed by atoms with Crippen molar-refractivity contribution in [2.75, 3.05) is 26.2 Å². The largest absolute Gasteiger partial charge is 0.350 e. The Bertz CT molecular complexity index is 1070. The first kappa shape index (κ1) is 24.2. The number of piperidine rings is 1. The number of benzene rings is 1. The topological polar surface area (TPSA) is 74.7 Å². The van der Waals surface area contributed by atoms with Crippen LogP contribution in [0.1, 0.15) is 72.4 Å². The molecular weight excluding hydrogens is 428 g/mol. The maximum atomic E-state index is 13.3. The van der Waals surface area contributed by atoms with E-state index >= 15 is 0 Å². The molecule has 2 aliphatic heterocycles. The van der Waals surface area contributed by atoms with Crippen molar-refractivity contribution >= 4 is 11.8 Å². The second-order valence-corrected chi connectivity index (χ2v) is 10.1. The molecule has 3 heterocycles. The third-order valence-corrected chi connectivity index (χ3v) is 7.04. The monoisotopic (exact) mass is 464 g/mol. The summed E-state index contributed by atoms with van der Waals surface area (Å²) in [5, 5.41) is 3.05. The van der Waals surface area contributed by atoms with Gasteiger partial charge in [0.05, 0.1) is 0 Å². The molecule has 34 heavy (non-hydrogen) atoms. The smallest absolute Gasteiger partial charge is 0.259 e. The quantitative estimate of drug-likeness (QED) is 0.712. The number of aromatic nitrogens is 1. The van der Waals surface area contributed by atoms with E-state index in [1.54, 1.807) is 21.9 Å². The van der Waals surface area contributed by atoms with Crippen LogP contribution in [-0.2, 0) is 6.54 Å². The van der Waals surface area contributed by atoms with Gasteiger partial charge in [0, 0.05) is 57.2 Å². The minimum absolute atomic E-state index is 0.0212. The Hall–Kier alpha value is -2.93. The van der Waals surface area contributed by atoms with Crippen LogP contribution in [0.15, 0.2) is 47.5 Å². The normalized spacial score (nSPS) is 19.5. The molecule has 0 aliphatic carbocycles. The van der Waals surface area contributed by atoms with Crippen LogP contribution in [0.2, 0.25) is 0 Å². The van der Waals surface area contributed by atoms with Gasteiger partial charge in [0.2, 0.25) is 5.43 Å². The van der Waals surface area contributed by atoms with Gasteiger partial charge in [-0.2, -0.15) is 0 Å². The lowest BCUT2D eigenvalue weighted by molar-refractivity contribution is 0.0695. The highest BCUT2D eigenvalue weighted by Gasteiger charge is 2.29. The summed E-state index contributed by atoms with van der Waals surface area (Å²) >= 11 is 0. The molecule has 0 radical (unpaired) electrons. The minimum Gasteiger partial charge on any atom is -0.350 e. The van der Waals surface area contributed by atoms with E-state index in [4.69, 9.17) is 0 Å². The van der Waals surface area contributed by atoms with Crippen molar-refractivity contribution in [3.05, 3.63) is 69.6 Å². The molecule has 1 unspecified atom stereocenters. The molecule has 2 aromatic rings. The molecule has 2 fully saturated rings. The van der Waals surface area contributed by atoms with Crippen molar-refractivity contribution in [1.82, 2.24) is 19.7 Å². The molecule has 4 rings (SSSR count). The summed E-state index contributed by atoms with van der Waals surface area (Å²) in [6.07, 6.45) is 5.91. The van der Waals surface area contributed by atoms with E-state index in [1.165, 1.54) is 5.56 Å². The molecule has 2 amide bonds. The van der Waals surface area contributed by atoms with Gasteiger partial charge < -0.3 is 14.8 Å². The Balaban J connectivity index is 1.49. The van der Waals surface area contributed by atoms with Crippen LogP contribution in [-0.4, -0.2) is 58.4 Å². The summed E-state index contributed by atoms with van der Waals surface area (Å²) < 4.78 is 1.80. The Morgan fingerprint density at radius 1 is 1.00 bits per heavy atom. The van der Waals surface area contributed by atoms with Crippen LogP contribution in [0.5, 0.6) is 0 Å². The van der Waals surface area contributed by atoms with Gasteiger partial charge in [0.1, 0.15) is 11.1 Å². The second kappa shape index (κ2) is 10.6. The zero-order valence-electron chi connectivity index (χ0n) is 20.5. The molecule has 2 aliphatic rings. The number of hydrogen-bond acceptors (Lipinski definition) is 4. The number of nitrogens with one attached hydrogen (secondary N) is 1. The number of carbonyl (C=O) groups is 2. The van der Waals surface area contributed by atoms with Crippen molar-refractivity contribution in [1.29, 1.82) is 0 Å². The molecule has 1 aromatic carbocycles. The molecule has 1 aromatic heterocycles. The molecular formula is C27H36N4O3. The maximum absolute atomic E-state index is 13.3. The predicted molar refractivity (Wildman–Crippen MR) is 133 cm³/mol. The van der Waals surface area contributed by atoms with Gasteiger partial charge in [-0.05, 0) is 44.6 Å². The maximum Gasteiger partial charge on any atom is 0.259 e. The molecule has 0 saturated carbocycles. The van der Waals surface area contributed by atoms with Crippen molar-refractivity contribution in [2.45, 2.75) is 58.7 Å². The molecule has 1 atom stereocenters. The number of rotatable bonds is 6. The molecule has 2 saturated heterocycles. The lowest BCUT2D eigenvalue weighted by Crippen LogP contribution is -2.43. The highest BCUT2D eigenvalue weighted by molar-refractivity contribution is 5.99. The Morgan fingerprint density at radius 2 is 1.68 bits per heavy atom. The van der Waals surface area contributed by atoms with Crippen LogP contribution >= 0.6 is 0 Å². The van der Waals surface area contributed by atoms with Crippen LogP contribution in [0.25, 0.3) is 0 Å². The van der Waals surface area contributed by atoms with Crippen molar-refractivity contribution in [3.8, 4) is 0 Å². The van der Waals surface area contributed by atoms with Crippen LogP contribution < -0.4 is 10.7 Å². The number of hydrogen-bond donors (Lipinski definition) is 1. The summed E-state index contributed by atoms with van der Waals surface area (Å²) in [5.74, 6) is -0.0786. The van der Waals surface area contributed by atoms with E-state index in [-0.39, 0.29) is 29.1 Å². The van der Waals surface area contributed by atoms with E-state index < -0.39 is 11.3 Å². The summed E-state index contributed by atoms with van der Waals surface area (Å²) in [7, 11) is 0.